The molecular weight excluding hydrogens is 268 g/mol. The Morgan fingerprint density at radius 2 is 1.90 bits per heavy atom. The lowest BCUT2D eigenvalue weighted by Crippen LogP contribution is -2.11. The second-order valence-corrected chi connectivity index (χ2v) is 4.63. The number of imidazole rings is 1. The lowest BCUT2D eigenvalue weighted by molar-refractivity contribution is 0.0679. The van der Waals surface area contributed by atoms with Gasteiger partial charge in [-0.1, -0.05) is 30.3 Å². The molecule has 5 nitrogen and oxygen atoms in total. The number of ether oxygens (including phenoxy) is 1. The lowest BCUT2D eigenvalue weighted by atomic mass is 10.2. The number of benzene rings is 2. The number of hydrogen-bond donors (Lipinski definition) is 1. The van der Waals surface area contributed by atoms with Crippen molar-refractivity contribution >= 4 is 17.0 Å². The molecule has 0 saturated carbocycles. The van der Waals surface area contributed by atoms with Crippen LogP contribution in [0.3, 0.4) is 0 Å². The Morgan fingerprint density at radius 1 is 1.19 bits per heavy atom. The Labute approximate surface area is 121 Å². The number of carboxylic acids is 1. The Morgan fingerprint density at radius 3 is 2.67 bits per heavy atom. The fourth-order valence-corrected chi connectivity index (χ4v) is 2.40. The summed E-state index contributed by atoms with van der Waals surface area (Å²) in [5.74, 6) is -0.283. The molecule has 0 radical (unpaired) electrons. The smallest absolute Gasteiger partial charge is 0.372 e. The first-order valence-corrected chi connectivity index (χ1v) is 6.51. The van der Waals surface area contributed by atoms with Crippen LogP contribution >= 0.6 is 0 Å². The van der Waals surface area contributed by atoms with Gasteiger partial charge in [0, 0.05) is 5.56 Å². The van der Waals surface area contributed by atoms with Crippen LogP contribution in [0, 0.1) is 0 Å². The standard InChI is InChI=1S/C16H14N2O3/c1-21-14-9-5-2-6-11(14)10-18-13-8-4-3-7-12(13)17-15(18)16(19)20/h2-9H,10H2,1H3,(H,19,20). The van der Waals surface area contributed by atoms with Gasteiger partial charge in [0.15, 0.2) is 0 Å². The summed E-state index contributed by atoms with van der Waals surface area (Å²) in [6, 6.07) is 14.9. The molecule has 1 N–H and O–H groups in total. The number of carbonyl (C=O) groups is 1. The predicted octanol–water partition coefficient (Wildman–Crippen LogP) is 2.79. The van der Waals surface area contributed by atoms with Crippen LogP contribution in [0.15, 0.2) is 48.5 Å². The number of hydrogen-bond acceptors (Lipinski definition) is 3. The minimum atomic E-state index is -1.04. The Hall–Kier alpha value is -2.82. The number of carboxylic acid groups (broad SMARTS) is 1. The van der Waals surface area contributed by atoms with Gasteiger partial charge in [-0.25, -0.2) is 9.78 Å². The molecule has 0 bridgehead atoms. The molecule has 0 aliphatic rings. The van der Waals surface area contributed by atoms with Crippen molar-refractivity contribution in [1.29, 1.82) is 0 Å². The molecule has 0 amide bonds. The molecule has 0 aliphatic heterocycles. The highest BCUT2D eigenvalue weighted by Gasteiger charge is 2.17. The molecule has 106 valence electrons. The maximum absolute atomic E-state index is 11.4. The predicted molar refractivity (Wildman–Crippen MR) is 78.8 cm³/mol. The number of fused-ring (bicyclic) bond motifs is 1. The third kappa shape index (κ3) is 2.33. The molecule has 0 saturated heterocycles. The number of para-hydroxylation sites is 3. The quantitative estimate of drug-likeness (QED) is 0.799. The second-order valence-electron chi connectivity index (χ2n) is 4.63. The van der Waals surface area contributed by atoms with Gasteiger partial charge in [-0.2, -0.15) is 0 Å². The van der Waals surface area contributed by atoms with Crippen LogP contribution in [0.25, 0.3) is 11.0 Å². The Balaban J connectivity index is 2.15. The summed E-state index contributed by atoms with van der Waals surface area (Å²) < 4.78 is 7.02. The maximum atomic E-state index is 11.4. The van der Waals surface area contributed by atoms with Crippen molar-refractivity contribution in [3.05, 3.63) is 59.9 Å². The van der Waals surface area contributed by atoms with Gasteiger partial charge < -0.3 is 14.4 Å². The monoisotopic (exact) mass is 282 g/mol. The van der Waals surface area contributed by atoms with Gasteiger partial charge in [0.1, 0.15) is 5.75 Å². The molecule has 1 aromatic heterocycles. The highest BCUT2D eigenvalue weighted by molar-refractivity contribution is 5.89. The zero-order valence-corrected chi connectivity index (χ0v) is 11.5. The highest BCUT2D eigenvalue weighted by Crippen LogP contribution is 2.23. The third-order valence-electron chi connectivity index (χ3n) is 3.37. The summed E-state index contributed by atoms with van der Waals surface area (Å²) >= 11 is 0. The van der Waals surface area contributed by atoms with Gasteiger partial charge in [0.05, 0.1) is 24.7 Å². The molecule has 3 aromatic rings. The van der Waals surface area contributed by atoms with Crippen molar-refractivity contribution in [3.8, 4) is 5.75 Å². The fraction of sp³-hybridized carbons (Fsp3) is 0.125. The molecule has 0 atom stereocenters. The molecule has 3 rings (SSSR count). The molecule has 0 fully saturated rings. The van der Waals surface area contributed by atoms with E-state index < -0.39 is 5.97 Å². The normalized spacial score (nSPS) is 10.7. The molecule has 1 heterocycles. The molecule has 0 unspecified atom stereocenters. The Bertz CT molecular complexity index is 808. The van der Waals surface area contributed by atoms with Crippen molar-refractivity contribution in [2.45, 2.75) is 6.54 Å². The first kappa shape index (κ1) is 13.2. The fourth-order valence-electron chi connectivity index (χ4n) is 2.40. The van der Waals surface area contributed by atoms with E-state index >= 15 is 0 Å². The summed E-state index contributed by atoms with van der Waals surface area (Å²) in [6.07, 6.45) is 0. The zero-order valence-electron chi connectivity index (χ0n) is 11.5. The van der Waals surface area contributed by atoms with Gasteiger partial charge in [-0.3, -0.25) is 0 Å². The summed E-state index contributed by atoms with van der Waals surface area (Å²) in [5, 5.41) is 9.36. The van der Waals surface area contributed by atoms with Gasteiger partial charge >= 0.3 is 5.97 Å². The van der Waals surface area contributed by atoms with Gasteiger partial charge in [0.2, 0.25) is 5.82 Å². The number of aromatic nitrogens is 2. The van der Waals surface area contributed by atoms with Gasteiger partial charge in [0.25, 0.3) is 0 Å². The largest absolute Gasteiger partial charge is 0.496 e. The van der Waals surface area contributed by atoms with Crippen molar-refractivity contribution in [1.82, 2.24) is 9.55 Å². The SMILES string of the molecule is COc1ccccc1Cn1c(C(=O)O)nc2ccccc21. The maximum Gasteiger partial charge on any atom is 0.372 e. The van der Waals surface area contributed by atoms with E-state index in [1.165, 1.54) is 0 Å². The van der Waals surface area contributed by atoms with Crippen LogP contribution in [-0.2, 0) is 6.54 Å². The first-order valence-electron chi connectivity index (χ1n) is 6.51. The first-order chi connectivity index (χ1) is 10.2. The number of nitrogens with zero attached hydrogens (tertiary/aromatic N) is 2. The van der Waals surface area contributed by atoms with E-state index in [0.29, 0.717) is 12.1 Å². The van der Waals surface area contributed by atoms with E-state index in [1.54, 1.807) is 17.7 Å². The van der Waals surface area contributed by atoms with Crippen LogP contribution in [0.4, 0.5) is 0 Å². The van der Waals surface area contributed by atoms with Gasteiger partial charge in [-0.05, 0) is 18.2 Å². The molecule has 2 aromatic carbocycles. The van der Waals surface area contributed by atoms with Crippen LogP contribution in [-0.4, -0.2) is 27.7 Å². The van der Waals surface area contributed by atoms with Gasteiger partial charge in [-0.15, -0.1) is 0 Å². The molecule has 0 aliphatic carbocycles. The summed E-state index contributed by atoms with van der Waals surface area (Å²) in [6.45, 7) is 0.395. The van der Waals surface area contributed by atoms with Crippen molar-refractivity contribution in [3.63, 3.8) is 0 Å². The lowest BCUT2D eigenvalue weighted by Gasteiger charge is -2.11. The van der Waals surface area contributed by atoms with E-state index in [9.17, 15) is 9.90 Å². The third-order valence-corrected chi connectivity index (χ3v) is 3.37. The van der Waals surface area contributed by atoms with Crippen LogP contribution in [0.1, 0.15) is 16.2 Å². The zero-order chi connectivity index (χ0) is 14.8. The van der Waals surface area contributed by atoms with E-state index in [-0.39, 0.29) is 5.82 Å². The number of aromatic carboxylic acids is 1. The number of rotatable bonds is 4. The molecule has 0 spiro atoms. The molecule has 21 heavy (non-hydrogen) atoms. The minimum absolute atomic E-state index is 0.0297. The summed E-state index contributed by atoms with van der Waals surface area (Å²) in [7, 11) is 1.60. The minimum Gasteiger partial charge on any atom is -0.496 e. The van der Waals surface area contributed by atoms with E-state index in [4.69, 9.17) is 4.74 Å². The molecule has 5 heteroatoms. The van der Waals surface area contributed by atoms with Crippen molar-refractivity contribution < 1.29 is 14.6 Å². The Kier molecular flexibility index (Phi) is 3.31. The average molecular weight is 282 g/mol. The van der Waals surface area contributed by atoms with Crippen LogP contribution in [0.2, 0.25) is 0 Å². The average Bonchev–Trinajstić information content (AvgIpc) is 2.87. The topological polar surface area (TPSA) is 64.3 Å². The molecular formula is C16H14N2O3. The highest BCUT2D eigenvalue weighted by atomic mass is 16.5. The van der Waals surface area contributed by atoms with E-state index in [2.05, 4.69) is 4.98 Å². The van der Waals surface area contributed by atoms with Crippen molar-refractivity contribution in [2.24, 2.45) is 0 Å². The van der Waals surface area contributed by atoms with Crippen LogP contribution < -0.4 is 4.74 Å². The number of methoxy groups -OCH3 is 1. The summed E-state index contributed by atoms with van der Waals surface area (Å²) in [5.41, 5.74) is 2.37. The van der Waals surface area contributed by atoms with Crippen LogP contribution in [0.5, 0.6) is 5.75 Å². The summed E-state index contributed by atoms with van der Waals surface area (Å²) in [4.78, 5) is 15.6. The van der Waals surface area contributed by atoms with Crippen molar-refractivity contribution in [2.75, 3.05) is 7.11 Å². The van der Waals surface area contributed by atoms with E-state index in [0.717, 1.165) is 16.8 Å². The second kappa shape index (κ2) is 5.28. The van der Waals surface area contributed by atoms with E-state index in [1.807, 2.05) is 42.5 Å².